The fraction of sp³-hybridized carbons (Fsp3) is 0.679. The molecule has 1 N–H and O–H groups in total. The maximum absolute atomic E-state index is 12.8. The highest BCUT2D eigenvalue weighted by atomic mass is 16.2. The van der Waals surface area contributed by atoms with Crippen LogP contribution in [0.4, 0.5) is 0 Å². The second kappa shape index (κ2) is 8.88. The molecular weight excluding hydrogens is 408 g/mol. The first-order chi connectivity index (χ1) is 15.4. The SMILES string of the molecule is Cc1c(C(C)(C)C)cc(-c2nc(C(=O)NC3CC3)nn2CC2CCCCC2)cc1C(C)(C)C. The first kappa shape index (κ1) is 24.0. The van der Waals surface area contributed by atoms with Gasteiger partial charge in [0.2, 0.25) is 5.82 Å². The molecule has 1 aromatic carbocycles. The Bertz CT molecular complexity index is 976. The zero-order valence-electron chi connectivity index (χ0n) is 21.7. The van der Waals surface area contributed by atoms with Crippen molar-refractivity contribution < 1.29 is 4.79 Å². The predicted molar refractivity (Wildman–Crippen MR) is 135 cm³/mol. The summed E-state index contributed by atoms with van der Waals surface area (Å²) in [5.41, 5.74) is 5.12. The first-order valence-corrected chi connectivity index (χ1v) is 12.8. The second-order valence-electron chi connectivity index (χ2n) is 12.4. The maximum Gasteiger partial charge on any atom is 0.291 e. The molecule has 0 atom stereocenters. The molecular formula is C28H42N4O. The number of nitrogens with one attached hydrogen (secondary N) is 1. The lowest BCUT2D eigenvalue weighted by Gasteiger charge is -2.30. The summed E-state index contributed by atoms with van der Waals surface area (Å²) in [6.45, 7) is 16.7. The minimum atomic E-state index is -0.139. The lowest BCUT2D eigenvalue weighted by atomic mass is 9.75. The van der Waals surface area contributed by atoms with Crippen LogP contribution in [0.25, 0.3) is 11.4 Å². The van der Waals surface area contributed by atoms with E-state index >= 15 is 0 Å². The van der Waals surface area contributed by atoms with Gasteiger partial charge in [-0.05, 0) is 78.2 Å². The Kier molecular flexibility index (Phi) is 6.45. The Morgan fingerprint density at radius 1 is 0.970 bits per heavy atom. The van der Waals surface area contributed by atoms with Crippen LogP contribution in [0.15, 0.2) is 12.1 Å². The van der Waals surface area contributed by atoms with Gasteiger partial charge in [0.15, 0.2) is 5.82 Å². The number of aromatic nitrogens is 3. The number of carbonyl (C=O) groups is 1. The zero-order chi connectivity index (χ0) is 24.0. The van der Waals surface area contributed by atoms with Crippen molar-refractivity contribution in [3.05, 3.63) is 34.6 Å². The zero-order valence-corrected chi connectivity index (χ0v) is 21.7. The molecule has 2 aromatic rings. The molecule has 1 aromatic heterocycles. The van der Waals surface area contributed by atoms with Gasteiger partial charge in [0.25, 0.3) is 5.91 Å². The van der Waals surface area contributed by atoms with Gasteiger partial charge in [-0.25, -0.2) is 9.67 Å². The molecule has 2 saturated carbocycles. The molecule has 2 aliphatic rings. The molecule has 0 unspecified atom stereocenters. The van der Waals surface area contributed by atoms with Crippen molar-refractivity contribution in [3.8, 4) is 11.4 Å². The summed E-state index contributed by atoms with van der Waals surface area (Å²) in [5.74, 6) is 1.61. The van der Waals surface area contributed by atoms with Crippen LogP contribution >= 0.6 is 0 Å². The smallest absolute Gasteiger partial charge is 0.291 e. The van der Waals surface area contributed by atoms with E-state index in [1.165, 1.54) is 48.8 Å². The molecule has 0 aliphatic heterocycles. The molecule has 5 heteroatoms. The summed E-state index contributed by atoms with van der Waals surface area (Å²) in [6.07, 6.45) is 8.49. The first-order valence-electron chi connectivity index (χ1n) is 12.8. The van der Waals surface area contributed by atoms with Crippen LogP contribution < -0.4 is 5.32 Å². The van der Waals surface area contributed by atoms with Gasteiger partial charge in [-0.2, -0.15) is 0 Å². The Hall–Kier alpha value is -2.17. The van der Waals surface area contributed by atoms with E-state index in [1.807, 2.05) is 4.68 Å². The van der Waals surface area contributed by atoms with E-state index in [9.17, 15) is 4.79 Å². The fourth-order valence-electron chi connectivity index (χ4n) is 5.27. The topological polar surface area (TPSA) is 59.8 Å². The fourth-order valence-corrected chi connectivity index (χ4v) is 5.27. The van der Waals surface area contributed by atoms with E-state index in [4.69, 9.17) is 10.1 Å². The summed E-state index contributed by atoms with van der Waals surface area (Å²) < 4.78 is 2.03. The standard InChI is InChI=1S/C28H42N4O/c1-18-22(27(2,3)4)15-20(16-23(18)28(5,6)7)25-30-24(26(33)29-21-13-14-21)31-32(25)17-19-11-9-8-10-12-19/h15-16,19,21H,8-14,17H2,1-7H3,(H,29,33). The Labute approximate surface area is 199 Å². The van der Waals surface area contributed by atoms with Crippen molar-refractivity contribution >= 4 is 5.91 Å². The van der Waals surface area contributed by atoms with E-state index in [0.717, 1.165) is 30.8 Å². The van der Waals surface area contributed by atoms with Crippen LogP contribution in [-0.2, 0) is 17.4 Å². The van der Waals surface area contributed by atoms with E-state index in [1.54, 1.807) is 0 Å². The maximum atomic E-state index is 12.8. The van der Waals surface area contributed by atoms with E-state index in [2.05, 4.69) is 65.9 Å². The van der Waals surface area contributed by atoms with Crippen LogP contribution in [0.3, 0.4) is 0 Å². The molecule has 0 radical (unpaired) electrons. The van der Waals surface area contributed by atoms with Crippen molar-refractivity contribution in [2.45, 2.75) is 117 Å². The third kappa shape index (κ3) is 5.50. The highest BCUT2D eigenvalue weighted by molar-refractivity contribution is 5.91. The number of carbonyl (C=O) groups excluding carboxylic acids is 1. The van der Waals surface area contributed by atoms with Gasteiger partial charge in [0, 0.05) is 18.2 Å². The molecule has 1 amide bonds. The van der Waals surface area contributed by atoms with Gasteiger partial charge in [0.05, 0.1) is 0 Å². The average Bonchev–Trinajstić information content (AvgIpc) is 3.44. The molecule has 4 rings (SSSR count). The third-order valence-electron chi connectivity index (χ3n) is 7.23. The van der Waals surface area contributed by atoms with Crippen LogP contribution in [0.1, 0.15) is 114 Å². The molecule has 1 heterocycles. The quantitative estimate of drug-likeness (QED) is 0.580. The number of hydrogen-bond acceptors (Lipinski definition) is 3. The van der Waals surface area contributed by atoms with Gasteiger partial charge in [0.1, 0.15) is 0 Å². The van der Waals surface area contributed by atoms with Crippen LogP contribution in [0.2, 0.25) is 0 Å². The Balaban J connectivity index is 1.81. The van der Waals surface area contributed by atoms with Crippen LogP contribution in [0.5, 0.6) is 0 Å². The van der Waals surface area contributed by atoms with E-state index in [0.29, 0.717) is 17.8 Å². The van der Waals surface area contributed by atoms with Crippen molar-refractivity contribution in [2.75, 3.05) is 0 Å². The second-order valence-corrected chi connectivity index (χ2v) is 12.4. The van der Waals surface area contributed by atoms with E-state index < -0.39 is 0 Å². The molecule has 2 aliphatic carbocycles. The van der Waals surface area contributed by atoms with Gasteiger partial charge < -0.3 is 5.32 Å². The molecule has 5 nitrogen and oxygen atoms in total. The van der Waals surface area contributed by atoms with Gasteiger partial charge in [-0.1, -0.05) is 60.8 Å². The summed E-state index contributed by atoms with van der Waals surface area (Å²) >= 11 is 0. The molecule has 0 spiro atoms. The number of benzene rings is 1. The largest absolute Gasteiger partial charge is 0.347 e. The lowest BCUT2D eigenvalue weighted by Crippen LogP contribution is -2.26. The average molecular weight is 451 g/mol. The Morgan fingerprint density at radius 2 is 1.55 bits per heavy atom. The summed E-state index contributed by atoms with van der Waals surface area (Å²) in [5, 5.41) is 7.83. The Morgan fingerprint density at radius 3 is 2.06 bits per heavy atom. The third-order valence-corrected chi connectivity index (χ3v) is 7.23. The predicted octanol–water partition coefficient (Wildman–Crippen LogP) is 6.32. The van der Waals surface area contributed by atoms with Gasteiger partial charge in [-0.15, -0.1) is 5.10 Å². The van der Waals surface area contributed by atoms with Crippen molar-refractivity contribution in [1.29, 1.82) is 0 Å². The normalized spacial score (nSPS) is 17.9. The number of nitrogens with zero attached hydrogens (tertiary/aromatic N) is 3. The molecule has 0 saturated heterocycles. The van der Waals surface area contributed by atoms with Crippen molar-refractivity contribution in [3.63, 3.8) is 0 Å². The molecule has 180 valence electrons. The lowest BCUT2D eigenvalue weighted by molar-refractivity contribution is 0.0940. The van der Waals surface area contributed by atoms with Crippen molar-refractivity contribution in [2.24, 2.45) is 5.92 Å². The van der Waals surface area contributed by atoms with E-state index in [-0.39, 0.29) is 16.7 Å². The summed E-state index contributed by atoms with van der Waals surface area (Å²) in [4.78, 5) is 17.7. The number of hydrogen-bond donors (Lipinski definition) is 1. The minimum Gasteiger partial charge on any atom is -0.347 e. The highest BCUT2D eigenvalue weighted by Gasteiger charge is 2.29. The van der Waals surface area contributed by atoms with Crippen LogP contribution in [0, 0.1) is 12.8 Å². The molecule has 2 fully saturated rings. The number of amides is 1. The number of rotatable bonds is 5. The molecule has 33 heavy (non-hydrogen) atoms. The summed E-state index contributed by atoms with van der Waals surface area (Å²) in [6, 6.07) is 4.87. The highest BCUT2D eigenvalue weighted by Crippen LogP contribution is 2.37. The van der Waals surface area contributed by atoms with Gasteiger partial charge in [-0.3, -0.25) is 4.79 Å². The van der Waals surface area contributed by atoms with Gasteiger partial charge >= 0.3 is 0 Å². The molecule has 0 bridgehead atoms. The summed E-state index contributed by atoms with van der Waals surface area (Å²) in [7, 11) is 0. The monoisotopic (exact) mass is 450 g/mol. The minimum absolute atomic E-state index is 0.0144. The van der Waals surface area contributed by atoms with Crippen LogP contribution in [-0.4, -0.2) is 26.7 Å². The van der Waals surface area contributed by atoms with Crippen molar-refractivity contribution in [1.82, 2.24) is 20.1 Å².